The van der Waals surface area contributed by atoms with E-state index in [1.165, 1.54) is 0 Å². The van der Waals surface area contributed by atoms with Crippen molar-refractivity contribution in [3.05, 3.63) is 144 Å². The number of nitrogens with one attached hydrogen (secondary N) is 2. The molecule has 0 saturated carbocycles. The molecule has 12 nitrogen and oxygen atoms in total. The Balaban J connectivity index is 0.804. The Bertz CT molecular complexity index is 2250. The second-order valence-corrected chi connectivity index (χ2v) is 16.8. The van der Waals surface area contributed by atoms with E-state index in [0.717, 1.165) is 108 Å². The quantitative estimate of drug-likeness (QED) is 0.137. The number of imidazole rings is 2. The van der Waals surface area contributed by atoms with Gasteiger partial charge in [-0.3, -0.25) is 19.4 Å². The van der Waals surface area contributed by atoms with E-state index in [1.54, 1.807) is 0 Å². The molecule has 0 aliphatic carbocycles. The molecule has 2 N–H and O–H groups in total. The molecule has 4 saturated heterocycles. The minimum Gasteiger partial charge on any atom is -0.379 e. The molecule has 2 amide bonds. The molecule has 6 heterocycles. The largest absolute Gasteiger partial charge is 0.379 e. The zero-order valence-electron chi connectivity index (χ0n) is 35.1. The number of aromatic amines is 2. The molecular formula is C50H54N8O4. The molecule has 10 rings (SSSR count). The van der Waals surface area contributed by atoms with Gasteiger partial charge in [-0.1, -0.05) is 109 Å². The maximum absolute atomic E-state index is 14.4. The van der Waals surface area contributed by atoms with E-state index in [9.17, 15) is 9.59 Å². The lowest BCUT2D eigenvalue weighted by atomic mass is 10.0. The zero-order valence-corrected chi connectivity index (χ0v) is 35.1. The van der Waals surface area contributed by atoms with Crippen molar-refractivity contribution >= 4 is 11.8 Å². The molecule has 4 fully saturated rings. The number of rotatable bonds is 11. The van der Waals surface area contributed by atoms with Gasteiger partial charge in [-0.15, -0.1) is 0 Å². The van der Waals surface area contributed by atoms with Crippen LogP contribution in [0, 0.1) is 0 Å². The van der Waals surface area contributed by atoms with Gasteiger partial charge in [0.25, 0.3) is 0 Å². The lowest BCUT2D eigenvalue weighted by Crippen LogP contribution is -2.47. The minimum atomic E-state index is -0.340. The Hall–Kier alpha value is -5.92. The van der Waals surface area contributed by atoms with Gasteiger partial charge in [0.2, 0.25) is 11.8 Å². The van der Waals surface area contributed by atoms with Crippen LogP contribution < -0.4 is 0 Å². The number of benzene rings is 4. The number of amides is 2. The van der Waals surface area contributed by atoms with Crippen molar-refractivity contribution in [3.63, 3.8) is 0 Å². The molecule has 4 aromatic carbocycles. The summed E-state index contributed by atoms with van der Waals surface area (Å²) in [4.78, 5) is 54.1. The number of hydrogen-bond donors (Lipinski definition) is 2. The van der Waals surface area contributed by atoms with Gasteiger partial charge in [0.15, 0.2) is 0 Å². The molecule has 4 aliphatic rings. The predicted molar refractivity (Wildman–Crippen MR) is 238 cm³/mol. The predicted octanol–water partition coefficient (Wildman–Crippen LogP) is 7.61. The van der Waals surface area contributed by atoms with Gasteiger partial charge in [-0.05, 0) is 59.1 Å². The summed E-state index contributed by atoms with van der Waals surface area (Å²) in [7, 11) is 0. The number of morpholine rings is 2. The smallest absolute Gasteiger partial charge is 0.245 e. The Kier molecular flexibility index (Phi) is 11.8. The summed E-state index contributed by atoms with van der Waals surface area (Å²) in [5.74, 6) is 1.92. The van der Waals surface area contributed by atoms with E-state index in [1.807, 2.05) is 58.6 Å². The molecule has 318 valence electrons. The van der Waals surface area contributed by atoms with Crippen LogP contribution >= 0.6 is 0 Å². The van der Waals surface area contributed by atoms with Crippen LogP contribution in [-0.2, 0) is 19.1 Å². The number of H-pyrrole nitrogens is 2. The highest BCUT2D eigenvalue weighted by Crippen LogP contribution is 2.38. The van der Waals surface area contributed by atoms with Gasteiger partial charge < -0.3 is 29.2 Å². The monoisotopic (exact) mass is 830 g/mol. The van der Waals surface area contributed by atoms with Crippen molar-refractivity contribution in [1.82, 2.24) is 39.5 Å². The topological polar surface area (TPSA) is 123 Å². The molecular weight excluding hydrogens is 777 g/mol. The average molecular weight is 831 g/mol. The second-order valence-electron chi connectivity index (χ2n) is 16.8. The summed E-state index contributed by atoms with van der Waals surface area (Å²) < 4.78 is 11.3. The molecule has 6 aromatic rings. The molecule has 62 heavy (non-hydrogen) atoms. The Labute approximate surface area is 362 Å². The van der Waals surface area contributed by atoms with E-state index < -0.39 is 0 Å². The molecule has 2 aromatic heterocycles. The van der Waals surface area contributed by atoms with Crippen molar-refractivity contribution in [2.75, 3.05) is 65.7 Å². The van der Waals surface area contributed by atoms with Gasteiger partial charge in [0.05, 0.1) is 62.3 Å². The van der Waals surface area contributed by atoms with Crippen LogP contribution in [0.2, 0.25) is 0 Å². The Morgan fingerprint density at radius 1 is 0.500 bits per heavy atom. The Morgan fingerprint density at radius 3 is 1.26 bits per heavy atom. The van der Waals surface area contributed by atoms with Gasteiger partial charge in [0.1, 0.15) is 23.7 Å². The lowest BCUT2D eigenvalue weighted by molar-refractivity contribution is -0.141. The number of hydrogen-bond acceptors (Lipinski definition) is 8. The third-order valence-electron chi connectivity index (χ3n) is 13.1. The van der Waals surface area contributed by atoms with E-state index >= 15 is 0 Å². The fourth-order valence-corrected chi connectivity index (χ4v) is 9.89. The van der Waals surface area contributed by atoms with Crippen LogP contribution in [0.15, 0.2) is 122 Å². The van der Waals surface area contributed by atoms with E-state index in [-0.39, 0.29) is 36.0 Å². The van der Waals surface area contributed by atoms with Crippen molar-refractivity contribution in [1.29, 1.82) is 0 Å². The summed E-state index contributed by atoms with van der Waals surface area (Å²) >= 11 is 0. The van der Waals surface area contributed by atoms with Crippen LogP contribution in [0.1, 0.15) is 72.6 Å². The number of likely N-dealkylation sites (tertiary alicyclic amines) is 2. The van der Waals surface area contributed by atoms with E-state index in [2.05, 4.69) is 92.6 Å². The summed E-state index contributed by atoms with van der Waals surface area (Å²) in [5.41, 5.74) is 8.22. The summed E-state index contributed by atoms with van der Waals surface area (Å²) in [6, 6.07) is 36.5. The fourth-order valence-electron chi connectivity index (χ4n) is 9.89. The van der Waals surface area contributed by atoms with Crippen LogP contribution in [0.5, 0.6) is 0 Å². The third kappa shape index (κ3) is 8.23. The molecule has 0 radical (unpaired) electrons. The first-order chi connectivity index (χ1) is 30.6. The van der Waals surface area contributed by atoms with Crippen LogP contribution in [-0.4, -0.2) is 117 Å². The maximum atomic E-state index is 14.4. The first-order valence-corrected chi connectivity index (χ1v) is 22.2. The van der Waals surface area contributed by atoms with Crippen LogP contribution in [0.25, 0.3) is 33.6 Å². The third-order valence-corrected chi connectivity index (χ3v) is 13.1. The second kappa shape index (κ2) is 18.2. The molecule has 12 heteroatoms. The van der Waals surface area contributed by atoms with Crippen molar-refractivity contribution in [3.8, 4) is 33.6 Å². The number of ether oxygens (including phenoxy) is 2. The summed E-state index contributed by atoms with van der Waals surface area (Å²) in [6.45, 7) is 6.90. The van der Waals surface area contributed by atoms with Gasteiger partial charge in [-0.2, -0.15) is 0 Å². The Morgan fingerprint density at radius 2 is 0.871 bits per heavy atom. The average Bonchev–Trinajstić information content (AvgIpc) is 4.19. The molecule has 0 spiro atoms. The highest BCUT2D eigenvalue weighted by atomic mass is 16.5. The summed E-state index contributed by atoms with van der Waals surface area (Å²) in [5, 5.41) is 0. The highest BCUT2D eigenvalue weighted by Gasteiger charge is 2.40. The molecule has 0 unspecified atom stereocenters. The first kappa shape index (κ1) is 40.2. The first-order valence-electron chi connectivity index (χ1n) is 22.2. The van der Waals surface area contributed by atoms with Crippen LogP contribution in [0.4, 0.5) is 0 Å². The summed E-state index contributed by atoms with van der Waals surface area (Å²) in [6.07, 6.45) is 7.42. The fraction of sp³-hybridized carbons (Fsp3) is 0.360. The van der Waals surface area contributed by atoms with E-state index in [4.69, 9.17) is 19.4 Å². The van der Waals surface area contributed by atoms with E-state index in [0.29, 0.717) is 39.5 Å². The lowest BCUT2D eigenvalue weighted by Gasteiger charge is -2.37. The minimum absolute atomic E-state index is 0.0980. The van der Waals surface area contributed by atoms with Gasteiger partial charge >= 0.3 is 0 Å². The van der Waals surface area contributed by atoms with Crippen LogP contribution in [0.3, 0.4) is 0 Å². The number of nitrogens with zero attached hydrogens (tertiary/aromatic N) is 6. The number of carbonyl (C=O) groups excluding carboxylic acids is 2. The van der Waals surface area contributed by atoms with Crippen molar-refractivity contribution in [2.45, 2.75) is 49.9 Å². The SMILES string of the molecule is O=C([C@@H](c1ccccc1)N1CCOCC1)N1CCC[C@H]1c1ncc(-c2ccc(-c3ccc(-c4cnc([C@@H]5CCCN5C(=O)[C@@H](c5ccccc5)N5CCOCC5)[nH]4)cc3)cc2)[nH]1. The molecule has 4 atom stereocenters. The molecule has 4 aliphatic heterocycles. The highest BCUT2D eigenvalue weighted by molar-refractivity contribution is 5.85. The van der Waals surface area contributed by atoms with Crippen molar-refractivity contribution < 1.29 is 19.1 Å². The van der Waals surface area contributed by atoms with Crippen molar-refractivity contribution in [2.24, 2.45) is 0 Å². The maximum Gasteiger partial charge on any atom is 0.245 e. The van der Waals surface area contributed by atoms with Gasteiger partial charge in [-0.25, -0.2) is 9.97 Å². The normalized spacial score (nSPS) is 21.0. The molecule has 0 bridgehead atoms. The standard InChI is InChI=1S/C50H54N8O4/c59-49(45(39-9-3-1-4-10-39)55-25-29-61-30-26-55)57-23-7-13-43(57)47-51-33-41(53-47)37-19-15-35(16-20-37)36-17-21-38(22-18-36)42-34-52-48(54-42)44-14-8-24-58(44)50(60)46(40-11-5-2-6-12-40)56-27-31-62-32-28-56/h1-6,9-12,15-22,33-34,43-46H,7-8,13-14,23-32H2,(H,51,53)(H,52,54)/t43-,44-,45+,46+/m0/s1. The van der Waals surface area contributed by atoms with Gasteiger partial charge in [0, 0.05) is 39.3 Å². The number of aromatic nitrogens is 4. The number of carbonyl (C=O) groups is 2. The zero-order chi connectivity index (χ0) is 41.8.